The number of amides is 4. The second-order valence-corrected chi connectivity index (χ2v) is 12.2. The minimum Gasteiger partial charge on any atom is -0.492 e. The summed E-state index contributed by atoms with van der Waals surface area (Å²) in [7, 11) is 1.49. The highest BCUT2D eigenvalue weighted by molar-refractivity contribution is 5.99. The summed E-state index contributed by atoms with van der Waals surface area (Å²) in [6.07, 6.45) is 1.37. The van der Waals surface area contributed by atoms with E-state index in [9.17, 15) is 33.6 Å². The number of rotatable bonds is 20. The zero-order valence-electron chi connectivity index (χ0n) is 31.4. The number of aldehydes is 2. The van der Waals surface area contributed by atoms with Crippen LogP contribution in [0.15, 0.2) is 67.4 Å². The highest BCUT2D eigenvalue weighted by Crippen LogP contribution is 2.25. The van der Waals surface area contributed by atoms with Gasteiger partial charge >= 0.3 is 12.2 Å². The van der Waals surface area contributed by atoms with Crippen molar-refractivity contribution in [1.29, 1.82) is 0 Å². The van der Waals surface area contributed by atoms with Crippen LogP contribution >= 0.6 is 0 Å². The molecule has 0 saturated carbocycles. The zero-order valence-corrected chi connectivity index (χ0v) is 31.4. The molecule has 0 aliphatic heterocycles. The third-order valence-electron chi connectivity index (χ3n) is 7.93. The molecule has 3 aromatic rings. The number of ketones is 1. The van der Waals surface area contributed by atoms with Gasteiger partial charge in [-0.05, 0) is 68.1 Å². The van der Waals surface area contributed by atoms with Gasteiger partial charge in [-0.2, -0.15) is 5.06 Å². The third-order valence-corrected chi connectivity index (χ3v) is 7.93. The van der Waals surface area contributed by atoms with E-state index in [0.29, 0.717) is 58.9 Å². The lowest BCUT2D eigenvalue weighted by molar-refractivity contribution is -0.130. The van der Waals surface area contributed by atoms with Gasteiger partial charge in [0.15, 0.2) is 25.9 Å². The first-order valence-corrected chi connectivity index (χ1v) is 17.1. The Morgan fingerprint density at radius 3 is 2.04 bits per heavy atom. The molecule has 0 bridgehead atoms. The fraction of sp³-hybridized carbons (Fsp3) is 0.308. The van der Waals surface area contributed by atoms with Crippen LogP contribution in [0.4, 0.5) is 26.7 Å². The smallest absolute Gasteiger partial charge is 0.412 e. The molecule has 0 unspecified atom stereocenters. The van der Waals surface area contributed by atoms with E-state index < -0.39 is 50.7 Å². The lowest BCUT2D eigenvalue weighted by Gasteiger charge is -2.27. The van der Waals surface area contributed by atoms with Gasteiger partial charge in [0.1, 0.15) is 19.2 Å². The van der Waals surface area contributed by atoms with Gasteiger partial charge in [0, 0.05) is 41.5 Å². The minimum atomic E-state index is -0.941. The number of carbonyl (C=O) groups is 7. The van der Waals surface area contributed by atoms with Crippen molar-refractivity contribution in [3.63, 3.8) is 0 Å². The number of hydroxylamine groups is 1. The Kier molecular flexibility index (Phi) is 16.7. The van der Waals surface area contributed by atoms with Crippen molar-refractivity contribution >= 4 is 59.4 Å². The molecule has 292 valence electrons. The number of ether oxygens (including phenoxy) is 3. The Bertz CT molecular complexity index is 1900. The van der Waals surface area contributed by atoms with Crippen molar-refractivity contribution in [2.75, 3.05) is 56.1 Å². The lowest BCUT2D eigenvalue weighted by Crippen LogP contribution is -2.43. The van der Waals surface area contributed by atoms with Gasteiger partial charge in [-0.25, -0.2) is 14.5 Å². The molecule has 55 heavy (non-hydrogen) atoms. The number of aryl methyl sites for hydroxylation is 3. The maximum Gasteiger partial charge on any atom is 0.412 e. The molecule has 0 heterocycles. The van der Waals surface area contributed by atoms with Gasteiger partial charge in [0.05, 0.1) is 18.6 Å². The number of hydrogen-bond acceptors (Lipinski definition) is 12. The molecule has 4 amide bonds. The van der Waals surface area contributed by atoms with Crippen LogP contribution in [0, 0.1) is 20.8 Å². The second kappa shape index (κ2) is 21.3. The van der Waals surface area contributed by atoms with E-state index in [1.165, 1.54) is 35.0 Å². The summed E-state index contributed by atoms with van der Waals surface area (Å²) in [5.41, 5.74) is 3.68. The van der Waals surface area contributed by atoms with Crippen LogP contribution in [0.25, 0.3) is 0 Å². The fourth-order valence-corrected chi connectivity index (χ4v) is 4.98. The quantitative estimate of drug-likeness (QED) is 0.0466. The molecule has 0 aliphatic carbocycles. The van der Waals surface area contributed by atoms with Gasteiger partial charge in [-0.15, -0.1) is 0 Å². The molecule has 0 aliphatic rings. The summed E-state index contributed by atoms with van der Waals surface area (Å²) in [4.78, 5) is 94.9. The van der Waals surface area contributed by atoms with Gasteiger partial charge < -0.3 is 23.9 Å². The second-order valence-electron chi connectivity index (χ2n) is 12.2. The molecule has 2 N–H and O–H groups in total. The van der Waals surface area contributed by atoms with Crippen LogP contribution in [0.3, 0.4) is 0 Å². The monoisotopic (exact) mass is 759 g/mol. The molecule has 0 spiro atoms. The van der Waals surface area contributed by atoms with E-state index in [-0.39, 0.29) is 29.4 Å². The van der Waals surface area contributed by atoms with Crippen molar-refractivity contribution in [3.05, 3.63) is 101 Å². The molecule has 0 atom stereocenters. The van der Waals surface area contributed by atoms with Crippen molar-refractivity contribution in [2.24, 2.45) is 0 Å². The van der Waals surface area contributed by atoms with Crippen molar-refractivity contribution in [1.82, 2.24) is 9.80 Å². The molecule has 3 aromatic carbocycles. The Morgan fingerprint density at radius 2 is 1.44 bits per heavy atom. The first-order valence-electron chi connectivity index (χ1n) is 17.1. The van der Waals surface area contributed by atoms with Gasteiger partial charge in [0.2, 0.25) is 0 Å². The fourth-order valence-electron chi connectivity index (χ4n) is 4.98. The van der Waals surface area contributed by atoms with Crippen LogP contribution in [-0.2, 0) is 28.6 Å². The Morgan fingerprint density at radius 1 is 0.818 bits per heavy atom. The van der Waals surface area contributed by atoms with Crippen LogP contribution in [-0.4, -0.2) is 92.5 Å². The van der Waals surface area contributed by atoms with E-state index >= 15 is 0 Å². The predicted molar refractivity (Wildman–Crippen MR) is 203 cm³/mol. The van der Waals surface area contributed by atoms with E-state index in [1.54, 1.807) is 57.2 Å². The highest BCUT2D eigenvalue weighted by atomic mass is 16.7. The number of nitrogens with one attached hydrogen (secondary N) is 2. The molecule has 0 saturated heterocycles. The number of anilines is 3. The highest BCUT2D eigenvalue weighted by Gasteiger charge is 2.22. The predicted octanol–water partition coefficient (Wildman–Crippen LogP) is 5.77. The first kappa shape index (κ1) is 43.0. The van der Waals surface area contributed by atoms with Crippen molar-refractivity contribution in [3.8, 4) is 0 Å². The summed E-state index contributed by atoms with van der Waals surface area (Å²) in [6.45, 7) is 8.46. The van der Waals surface area contributed by atoms with Gasteiger partial charge in [-0.3, -0.25) is 34.6 Å². The number of carbonyl (C=O) groups excluding carboxylic acids is 7. The van der Waals surface area contributed by atoms with E-state index in [4.69, 9.17) is 19.0 Å². The van der Waals surface area contributed by atoms with Crippen molar-refractivity contribution < 1.29 is 52.6 Å². The zero-order chi connectivity index (χ0) is 40.5. The summed E-state index contributed by atoms with van der Waals surface area (Å²) in [5, 5.41) is 6.07. The third kappa shape index (κ3) is 12.9. The van der Waals surface area contributed by atoms with Crippen LogP contribution in [0.2, 0.25) is 0 Å². The first-order chi connectivity index (χ1) is 26.3. The maximum absolute atomic E-state index is 13.4. The number of Topliss-reactive ketones (excluding diaryl/α,β-unsaturated/α-hetero) is 1. The van der Waals surface area contributed by atoms with E-state index in [0.717, 1.165) is 11.3 Å². The molecule has 16 nitrogen and oxygen atoms in total. The van der Waals surface area contributed by atoms with Crippen LogP contribution in [0.5, 0.6) is 0 Å². The molecule has 0 aromatic heterocycles. The molecule has 0 fully saturated rings. The lowest BCUT2D eigenvalue weighted by atomic mass is 10.0. The summed E-state index contributed by atoms with van der Waals surface area (Å²) in [5.74, 6) is -1.18. The topological polar surface area (TPSA) is 190 Å². The van der Waals surface area contributed by atoms with Gasteiger partial charge in [0.25, 0.3) is 11.8 Å². The van der Waals surface area contributed by atoms with Crippen LogP contribution in [0.1, 0.15) is 67.5 Å². The number of nitrogens with zero attached hydrogens (tertiary/aromatic N) is 3. The standard InChI is InChI=1S/C39H45N5O11/c1-7-9-35(47)30-14-11-27(4)33(19-30)40-38(50)53-24-43(23-42(6)37(49)32-18-29(21-46)13-10-26(32)3)25-54-39(51)41-34-20-31(15-12-28(34)5)44(55-17-16-45)36(48)22-52-8-2/h8,10-16,18-21H,2,7,9,17,22-25H2,1,3-6H3,(H,40,50)(H,41,51). The normalized spacial score (nSPS) is 10.5. The van der Waals surface area contributed by atoms with E-state index in [1.807, 2.05) is 6.92 Å². The van der Waals surface area contributed by atoms with Gasteiger partial charge in [-0.1, -0.05) is 43.8 Å². The van der Waals surface area contributed by atoms with E-state index in [2.05, 4.69) is 17.2 Å². The summed E-state index contributed by atoms with van der Waals surface area (Å²) >= 11 is 0. The van der Waals surface area contributed by atoms with Crippen molar-refractivity contribution in [2.45, 2.75) is 40.5 Å². The number of benzene rings is 3. The molecular weight excluding hydrogens is 714 g/mol. The molecule has 16 heteroatoms. The van der Waals surface area contributed by atoms with Crippen LogP contribution < -0.4 is 15.7 Å². The summed E-state index contributed by atoms with van der Waals surface area (Å²) in [6, 6.07) is 14.2. The largest absolute Gasteiger partial charge is 0.492 e. The number of hydrogen-bond donors (Lipinski definition) is 2. The SMILES string of the molecule is C=COCC(=O)N(OCC=O)c1ccc(C)c(NC(=O)OCN(COC(=O)Nc2cc(C(=O)CCC)ccc2C)CN(C)C(=O)c2cc(C=O)ccc2C)c1. The Hall–Kier alpha value is -6.39. The average molecular weight is 760 g/mol. The Balaban J connectivity index is 1.78. The molecule has 0 radical (unpaired) electrons. The molecular formula is C39H45N5O11. The summed E-state index contributed by atoms with van der Waals surface area (Å²) < 4.78 is 15.9. The Labute approximate surface area is 318 Å². The average Bonchev–Trinajstić information content (AvgIpc) is 3.17. The minimum absolute atomic E-state index is 0.0702. The molecule has 3 rings (SSSR count). The maximum atomic E-state index is 13.4.